The quantitative estimate of drug-likeness (QED) is 0.378. The maximum Gasteiger partial charge on any atom is 0.193 e. The molecule has 2 saturated heterocycles. The molecule has 2 aliphatic rings. The second-order valence-corrected chi connectivity index (χ2v) is 7.37. The van der Waals surface area contributed by atoms with Crippen LogP contribution in [0, 0.1) is 5.82 Å². The van der Waals surface area contributed by atoms with Crippen molar-refractivity contribution in [3.05, 3.63) is 35.6 Å². The van der Waals surface area contributed by atoms with Crippen LogP contribution in [0.25, 0.3) is 0 Å². The van der Waals surface area contributed by atoms with Crippen molar-refractivity contribution in [1.82, 2.24) is 15.1 Å². The van der Waals surface area contributed by atoms with Gasteiger partial charge in [0.25, 0.3) is 0 Å². The molecule has 0 spiro atoms. The number of guanidine groups is 1. The van der Waals surface area contributed by atoms with Gasteiger partial charge in [-0.05, 0) is 44.6 Å². The predicted molar refractivity (Wildman–Crippen MR) is 120 cm³/mol. The van der Waals surface area contributed by atoms with Gasteiger partial charge in [0.1, 0.15) is 11.9 Å². The van der Waals surface area contributed by atoms with Crippen molar-refractivity contribution in [2.24, 2.45) is 4.99 Å². The normalized spacial score (nSPS) is 24.2. The Labute approximate surface area is 184 Å². The van der Waals surface area contributed by atoms with Gasteiger partial charge in [0.2, 0.25) is 0 Å². The van der Waals surface area contributed by atoms with E-state index < -0.39 is 0 Å². The van der Waals surface area contributed by atoms with Crippen molar-refractivity contribution in [3.63, 3.8) is 0 Å². The van der Waals surface area contributed by atoms with Crippen molar-refractivity contribution >= 4 is 29.9 Å². The summed E-state index contributed by atoms with van der Waals surface area (Å²) in [5.41, 5.74) is 0.946. The molecule has 1 N–H and O–H groups in total. The fourth-order valence-corrected chi connectivity index (χ4v) is 3.82. The number of nitrogens with zero attached hydrogens (tertiary/aromatic N) is 3. The monoisotopic (exact) mass is 506 g/mol. The van der Waals surface area contributed by atoms with Gasteiger partial charge in [-0.25, -0.2) is 4.39 Å². The first-order valence-electron chi connectivity index (χ1n) is 9.69. The first kappa shape index (κ1) is 23.3. The van der Waals surface area contributed by atoms with E-state index in [2.05, 4.69) is 20.1 Å². The highest BCUT2D eigenvalue weighted by Crippen LogP contribution is 2.22. The Bertz CT molecular complexity index is 640. The Morgan fingerprint density at radius 2 is 2.11 bits per heavy atom. The number of morpholine rings is 1. The molecule has 3 unspecified atom stereocenters. The van der Waals surface area contributed by atoms with E-state index >= 15 is 0 Å². The molecule has 0 radical (unpaired) electrons. The Kier molecular flexibility index (Phi) is 9.39. The van der Waals surface area contributed by atoms with Crippen molar-refractivity contribution in [3.8, 4) is 0 Å². The third-order valence-corrected chi connectivity index (χ3v) is 5.29. The average Bonchev–Trinajstić information content (AvgIpc) is 3.20. The molecule has 1 aromatic carbocycles. The average molecular weight is 506 g/mol. The number of hydrogen-bond acceptors (Lipinski definition) is 4. The van der Waals surface area contributed by atoms with Gasteiger partial charge in [-0.1, -0.05) is 12.1 Å². The summed E-state index contributed by atoms with van der Waals surface area (Å²) in [6, 6.07) is 6.83. The molecule has 0 amide bonds. The number of benzene rings is 1. The van der Waals surface area contributed by atoms with Crippen molar-refractivity contribution in [2.75, 3.05) is 54.0 Å². The van der Waals surface area contributed by atoms with E-state index in [0.29, 0.717) is 13.2 Å². The highest BCUT2D eigenvalue weighted by molar-refractivity contribution is 14.0. The summed E-state index contributed by atoms with van der Waals surface area (Å²) in [6.07, 6.45) is 2.45. The van der Waals surface area contributed by atoms with Crippen LogP contribution < -0.4 is 5.32 Å². The van der Waals surface area contributed by atoms with Gasteiger partial charge in [0.15, 0.2) is 5.96 Å². The van der Waals surface area contributed by atoms with Crippen LogP contribution in [-0.4, -0.2) is 82.0 Å². The molecule has 3 rings (SSSR count). The molecule has 28 heavy (non-hydrogen) atoms. The maximum absolute atomic E-state index is 13.6. The SMILES string of the molecule is CN=C(NCC(c1cccc(F)c1)N(C)C)N1CCOC(C2CCCO2)C1.I. The van der Waals surface area contributed by atoms with E-state index in [9.17, 15) is 4.39 Å². The fourth-order valence-electron chi connectivity index (χ4n) is 3.82. The number of ether oxygens (including phenoxy) is 2. The summed E-state index contributed by atoms with van der Waals surface area (Å²) < 4.78 is 25.4. The summed E-state index contributed by atoms with van der Waals surface area (Å²) in [5, 5.41) is 3.47. The van der Waals surface area contributed by atoms with Gasteiger partial charge in [-0.2, -0.15) is 0 Å². The Hall–Kier alpha value is -0.970. The first-order valence-corrected chi connectivity index (χ1v) is 9.69. The van der Waals surface area contributed by atoms with Crippen LogP contribution in [0.3, 0.4) is 0 Å². The smallest absolute Gasteiger partial charge is 0.193 e. The number of rotatable bonds is 5. The second-order valence-electron chi connectivity index (χ2n) is 7.37. The number of hydrogen-bond donors (Lipinski definition) is 1. The van der Waals surface area contributed by atoms with Gasteiger partial charge >= 0.3 is 0 Å². The van der Waals surface area contributed by atoms with Gasteiger partial charge in [0, 0.05) is 33.3 Å². The zero-order chi connectivity index (χ0) is 19.2. The van der Waals surface area contributed by atoms with E-state index in [4.69, 9.17) is 9.47 Å². The van der Waals surface area contributed by atoms with E-state index in [0.717, 1.165) is 44.1 Å². The highest BCUT2D eigenvalue weighted by atomic mass is 127. The van der Waals surface area contributed by atoms with E-state index in [1.165, 1.54) is 6.07 Å². The van der Waals surface area contributed by atoms with Crippen LogP contribution in [0.1, 0.15) is 24.4 Å². The maximum atomic E-state index is 13.6. The third kappa shape index (κ3) is 6.01. The topological polar surface area (TPSA) is 49.3 Å². The minimum absolute atomic E-state index is 0. The molecule has 0 aliphatic carbocycles. The molecule has 8 heteroatoms. The highest BCUT2D eigenvalue weighted by Gasteiger charge is 2.32. The fraction of sp³-hybridized carbons (Fsp3) is 0.650. The van der Waals surface area contributed by atoms with Gasteiger partial charge in [-0.3, -0.25) is 4.99 Å². The molecule has 0 bridgehead atoms. The van der Waals surface area contributed by atoms with Crippen LogP contribution in [0.15, 0.2) is 29.3 Å². The second kappa shape index (κ2) is 11.3. The molecule has 0 aromatic heterocycles. The molecule has 158 valence electrons. The van der Waals surface area contributed by atoms with E-state index in [1.54, 1.807) is 19.2 Å². The van der Waals surface area contributed by atoms with Crippen LogP contribution in [0.2, 0.25) is 0 Å². The van der Waals surface area contributed by atoms with Crippen LogP contribution in [0.4, 0.5) is 4.39 Å². The number of nitrogens with one attached hydrogen (secondary N) is 1. The summed E-state index contributed by atoms with van der Waals surface area (Å²) >= 11 is 0. The number of halogens is 2. The molecule has 1 aromatic rings. The van der Waals surface area contributed by atoms with Gasteiger partial charge in [-0.15, -0.1) is 24.0 Å². The largest absolute Gasteiger partial charge is 0.375 e. The third-order valence-electron chi connectivity index (χ3n) is 5.29. The van der Waals surface area contributed by atoms with E-state index in [1.807, 2.05) is 20.2 Å². The van der Waals surface area contributed by atoms with Crippen molar-refractivity contribution in [1.29, 1.82) is 0 Å². The first-order chi connectivity index (χ1) is 13.1. The van der Waals surface area contributed by atoms with Gasteiger partial charge < -0.3 is 24.6 Å². The lowest BCUT2D eigenvalue weighted by Gasteiger charge is -2.37. The summed E-state index contributed by atoms with van der Waals surface area (Å²) in [6.45, 7) is 3.72. The number of aliphatic imine (C=N–C) groups is 1. The Morgan fingerprint density at radius 1 is 1.32 bits per heavy atom. The van der Waals surface area contributed by atoms with Crippen molar-refractivity contribution in [2.45, 2.75) is 31.1 Å². The molecule has 2 aliphatic heterocycles. The molecule has 3 atom stereocenters. The molecule has 0 saturated carbocycles. The van der Waals surface area contributed by atoms with E-state index in [-0.39, 0.29) is 48.0 Å². The zero-order valence-corrected chi connectivity index (χ0v) is 19.3. The summed E-state index contributed by atoms with van der Waals surface area (Å²) in [5.74, 6) is 0.640. The van der Waals surface area contributed by atoms with Gasteiger partial charge in [0.05, 0.1) is 18.8 Å². The lowest BCUT2D eigenvalue weighted by Crippen LogP contribution is -2.54. The predicted octanol–water partition coefficient (Wildman–Crippen LogP) is 2.50. The van der Waals surface area contributed by atoms with Crippen LogP contribution in [0.5, 0.6) is 0 Å². The van der Waals surface area contributed by atoms with Crippen LogP contribution >= 0.6 is 24.0 Å². The van der Waals surface area contributed by atoms with Crippen LogP contribution in [-0.2, 0) is 9.47 Å². The summed E-state index contributed by atoms with van der Waals surface area (Å²) in [4.78, 5) is 8.77. The molecular weight excluding hydrogens is 474 g/mol. The minimum Gasteiger partial charge on any atom is -0.375 e. The Morgan fingerprint density at radius 3 is 2.75 bits per heavy atom. The molecular formula is C20H32FIN4O2. The zero-order valence-electron chi connectivity index (χ0n) is 16.9. The Balaban J connectivity index is 0.00000280. The lowest BCUT2D eigenvalue weighted by atomic mass is 10.1. The lowest BCUT2D eigenvalue weighted by molar-refractivity contribution is -0.0817. The molecule has 2 heterocycles. The van der Waals surface area contributed by atoms with Crippen molar-refractivity contribution < 1.29 is 13.9 Å². The number of likely N-dealkylation sites (N-methyl/N-ethyl adjacent to an activating group) is 1. The molecule has 2 fully saturated rings. The molecule has 6 nitrogen and oxygen atoms in total. The standard InChI is InChI=1S/C20H31FN4O2.HI/c1-22-20(25-9-11-27-19(14-25)18-8-5-10-26-18)23-13-17(24(2)3)15-6-4-7-16(21)12-15;/h4,6-7,12,17-19H,5,8-11,13-14H2,1-3H3,(H,22,23);1H. The minimum atomic E-state index is -0.212. The summed E-state index contributed by atoms with van der Waals surface area (Å²) in [7, 11) is 5.80.